The van der Waals surface area contributed by atoms with Crippen molar-refractivity contribution in [1.82, 2.24) is 14.8 Å². The maximum absolute atomic E-state index is 12.6. The number of anilines is 1. The fourth-order valence-electron chi connectivity index (χ4n) is 3.47. The second-order valence-corrected chi connectivity index (χ2v) is 7.87. The van der Waals surface area contributed by atoms with Crippen molar-refractivity contribution >= 4 is 35.4 Å². The van der Waals surface area contributed by atoms with Gasteiger partial charge in [0.15, 0.2) is 10.6 Å². The number of hydrogen-bond donors (Lipinski definition) is 2. The molecule has 0 radical (unpaired) electrons. The molecule has 6 nitrogen and oxygen atoms in total. The lowest BCUT2D eigenvalue weighted by Gasteiger charge is -2.14. The molecule has 0 bridgehead atoms. The van der Waals surface area contributed by atoms with Crippen molar-refractivity contribution < 1.29 is 9.53 Å². The third kappa shape index (κ3) is 4.86. The molecule has 1 heterocycles. The van der Waals surface area contributed by atoms with Gasteiger partial charge in [0.05, 0.1) is 6.10 Å². The summed E-state index contributed by atoms with van der Waals surface area (Å²) >= 11 is 11.3. The predicted octanol–water partition coefficient (Wildman–Crippen LogP) is 5.22. The molecular formula is C21H21ClN4O2S. The zero-order chi connectivity index (χ0) is 20.2. The molecule has 0 saturated heterocycles. The van der Waals surface area contributed by atoms with Gasteiger partial charge in [-0.05, 0) is 74.3 Å². The van der Waals surface area contributed by atoms with Crippen LogP contribution in [0.4, 0.5) is 5.69 Å². The number of nitrogens with zero attached hydrogens (tertiary/aromatic N) is 2. The lowest BCUT2D eigenvalue weighted by Crippen LogP contribution is -2.19. The molecule has 1 aliphatic carbocycles. The Hall–Kier alpha value is -2.64. The summed E-state index contributed by atoms with van der Waals surface area (Å²) in [4.78, 5) is 12.6. The van der Waals surface area contributed by atoms with Crippen LogP contribution in [0.25, 0.3) is 11.4 Å². The Labute approximate surface area is 178 Å². The maximum atomic E-state index is 12.6. The van der Waals surface area contributed by atoms with E-state index in [2.05, 4.69) is 15.5 Å². The first-order chi connectivity index (χ1) is 14.1. The first-order valence-corrected chi connectivity index (χ1v) is 10.3. The van der Waals surface area contributed by atoms with Crippen LogP contribution in [0.2, 0.25) is 5.02 Å². The van der Waals surface area contributed by atoms with Crippen molar-refractivity contribution in [1.29, 1.82) is 0 Å². The molecule has 2 aromatic carbocycles. The van der Waals surface area contributed by atoms with E-state index in [0.29, 0.717) is 21.3 Å². The van der Waals surface area contributed by atoms with Crippen molar-refractivity contribution in [3.05, 3.63) is 58.3 Å². The topological polar surface area (TPSA) is 71.9 Å². The second-order valence-electron chi connectivity index (χ2n) is 7.05. The van der Waals surface area contributed by atoms with Gasteiger partial charge in [0.2, 0.25) is 5.91 Å². The van der Waals surface area contributed by atoms with Crippen LogP contribution in [-0.4, -0.2) is 26.8 Å². The Bertz CT molecular complexity index is 1060. The molecule has 3 aromatic rings. The van der Waals surface area contributed by atoms with E-state index in [1.807, 2.05) is 36.4 Å². The zero-order valence-corrected chi connectivity index (χ0v) is 17.3. The lowest BCUT2D eigenvalue weighted by atomic mass is 10.2. The van der Waals surface area contributed by atoms with E-state index < -0.39 is 0 Å². The van der Waals surface area contributed by atoms with Crippen molar-refractivity contribution in [3.8, 4) is 17.1 Å². The van der Waals surface area contributed by atoms with Gasteiger partial charge >= 0.3 is 0 Å². The minimum Gasteiger partial charge on any atom is -0.490 e. The number of halogens is 1. The highest BCUT2D eigenvalue weighted by atomic mass is 35.5. The first-order valence-electron chi connectivity index (χ1n) is 9.56. The van der Waals surface area contributed by atoms with Crippen LogP contribution in [0, 0.1) is 4.77 Å². The van der Waals surface area contributed by atoms with Gasteiger partial charge in [0.25, 0.3) is 0 Å². The molecule has 0 aliphatic heterocycles. The number of aromatic amines is 1. The zero-order valence-electron chi connectivity index (χ0n) is 15.7. The SMILES string of the molecule is O=C(Cn1c(-c2ccc(Cl)cc2)n[nH]c1=S)Nc1cccc(OC2CCCC2)c1. The highest BCUT2D eigenvalue weighted by Crippen LogP contribution is 2.26. The quantitative estimate of drug-likeness (QED) is 0.528. The summed E-state index contributed by atoms with van der Waals surface area (Å²) in [6.45, 7) is 0.0427. The Kier molecular flexibility index (Phi) is 5.97. The lowest BCUT2D eigenvalue weighted by molar-refractivity contribution is -0.116. The Morgan fingerprint density at radius 3 is 2.76 bits per heavy atom. The number of carbonyl (C=O) groups excluding carboxylic acids is 1. The molecule has 4 rings (SSSR count). The monoisotopic (exact) mass is 428 g/mol. The van der Waals surface area contributed by atoms with Crippen molar-refractivity contribution in [3.63, 3.8) is 0 Å². The summed E-state index contributed by atoms with van der Waals surface area (Å²) < 4.78 is 8.05. The number of ether oxygens (including phenoxy) is 1. The molecule has 1 amide bonds. The number of carbonyl (C=O) groups is 1. The first kappa shape index (κ1) is 19.7. The molecule has 1 aromatic heterocycles. The van der Waals surface area contributed by atoms with Gasteiger partial charge in [-0.3, -0.25) is 14.5 Å². The van der Waals surface area contributed by atoms with Gasteiger partial charge in [-0.1, -0.05) is 17.7 Å². The van der Waals surface area contributed by atoms with Gasteiger partial charge in [0, 0.05) is 22.3 Å². The van der Waals surface area contributed by atoms with Gasteiger partial charge in [0.1, 0.15) is 12.3 Å². The summed E-state index contributed by atoms with van der Waals surface area (Å²) in [7, 11) is 0. The molecule has 29 heavy (non-hydrogen) atoms. The van der Waals surface area contributed by atoms with Gasteiger partial charge < -0.3 is 10.1 Å². The molecule has 1 aliphatic rings. The highest BCUT2D eigenvalue weighted by molar-refractivity contribution is 7.71. The van der Waals surface area contributed by atoms with Crippen LogP contribution in [0.5, 0.6) is 5.75 Å². The molecule has 0 spiro atoms. The van der Waals surface area contributed by atoms with Crippen molar-refractivity contribution in [2.45, 2.75) is 38.3 Å². The summed E-state index contributed by atoms with van der Waals surface area (Å²) in [5.74, 6) is 1.16. The van der Waals surface area contributed by atoms with Crippen LogP contribution in [-0.2, 0) is 11.3 Å². The van der Waals surface area contributed by atoms with Gasteiger partial charge in [-0.2, -0.15) is 5.10 Å². The third-order valence-corrected chi connectivity index (χ3v) is 5.45. The summed E-state index contributed by atoms with van der Waals surface area (Å²) in [5, 5.41) is 10.5. The van der Waals surface area contributed by atoms with Gasteiger partial charge in [-0.25, -0.2) is 0 Å². The average molecular weight is 429 g/mol. The van der Waals surface area contributed by atoms with Crippen LogP contribution in [0.15, 0.2) is 48.5 Å². The molecule has 1 saturated carbocycles. The Morgan fingerprint density at radius 2 is 2.00 bits per heavy atom. The molecular weight excluding hydrogens is 408 g/mol. The van der Waals surface area contributed by atoms with E-state index in [4.69, 9.17) is 28.6 Å². The fourth-order valence-corrected chi connectivity index (χ4v) is 3.80. The normalized spacial score (nSPS) is 14.1. The van der Waals surface area contributed by atoms with E-state index >= 15 is 0 Å². The summed E-state index contributed by atoms with van der Waals surface area (Å²) in [5.41, 5.74) is 1.51. The minimum absolute atomic E-state index is 0.0427. The van der Waals surface area contributed by atoms with Gasteiger partial charge in [-0.15, -0.1) is 0 Å². The predicted molar refractivity (Wildman–Crippen MR) is 116 cm³/mol. The van der Waals surface area contributed by atoms with Crippen LogP contribution in [0.3, 0.4) is 0 Å². The largest absolute Gasteiger partial charge is 0.490 e. The average Bonchev–Trinajstić information content (AvgIpc) is 3.33. The number of benzene rings is 2. The van der Waals surface area contributed by atoms with Crippen LogP contribution < -0.4 is 10.1 Å². The number of H-pyrrole nitrogens is 1. The molecule has 8 heteroatoms. The third-order valence-electron chi connectivity index (χ3n) is 4.89. The van der Waals surface area contributed by atoms with E-state index in [9.17, 15) is 4.79 Å². The summed E-state index contributed by atoms with van der Waals surface area (Å²) in [6, 6.07) is 14.7. The maximum Gasteiger partial charge on any atom is 0.244 e. The summed E-state index contributed by atoms with van der Waals surface area (Å²) in [6.07, 6.45) is 4.86. The van der Waals surface area contributed by atoms with Crippen molar-refractivity contribution in [2.75, 3.05) is 5.32 Å². The number of aromatic nitrogens is 3. The van der Waals surface area contributed by atoms with Crippen LogP contribution in [0.1, 0.15) is 25.7 Å². The molecule has 2 N–H and O–H groups in total. The van der Waals surface area contributed by atoms with E-state index in [-0.39, 0.29) is 18.6 Å². The van der Waals surface area contributed by atoms with E-state index in [1.165, 1.54) is 12.8 Å². The number of hydrogen-bond acceptors (Lipinski definition) is 4. The Balaban J connectivity index is 1.46. The van der Waals surface area contributed by atoms with Crippen LogP contribution >= 0.6 is 23.8 Å². The number of rotatable bonds is 6. The standard InChI is InChI=1S/C21H21ClN4O2S/c22-15-10-8-14(9-11-15)20-24-25-21(29)26(20)13-19(27)23-16-4-3-7-18(12-16)28-17-5-1-2-6-17/h3-4,7-12,17H,1-2,5-6,13H2,(H,23,27)(H,25,29). The molecule has 1 fully saturated rings. The Morgan fingerprint density at radius 1 is 1.24 bits per heavy atom. The number of amides is 1. The smallest absolute Gasteiger partial charge is 0.244 e. The highest BCUT2D eigenvalue weighted by Gasteiger charge is 2.17. The minimum atomic E-state index is -0.198. The molecule has 150 valence electrons. The second kappa shape index (κ2) is 8.80. The van der Waals surface area contributed by atoms with Crippen molar-refractivity contribution in [2.24, 2.45) is 0 Å². The molecule has 0 unspecified atom stereocenters. The molecule has 0 atom stereocenters. The number of nitrogens with one attached hydrogen (secondary N) is 2. The van der Waals surface area contributed by atoms with E-state index in [1.54, 1.807) is 16.7 Å². The fraction of sp³-hybridized carbons (Fsp3) is 0.286. The van der Waals surface area contributed by atoms with E-state index in [0.717, 1.165) is 24.2 Å².